The Kier molecular flexibility index (Phi) is 9.96. The van der Waals surface area contributed by atoms with Crippen molar-refractivity contribution in [1.82, 2.24) is 25.8 Å². The van der Waals surface area contributed by atoms with Gasteiger partial charge in [0.25, 0.3) is 0 Å². The van der Waals surface area contributed by atoms with E-state index in [0.29, 0.717) is 22.1 Å². The molecule has 0 radical (unpaired) electrons. The molecule has 2 atom stereocenters. The fraction of sp³-hybridized carbons (Fsp3) is 0.370. The molecule has 230 valence electrons. The Morgan fingerprint density at radius 1 is 1.40 bits per heavy atom. The maximum absolute atomic E-state index is 14.0. The summed E-state index contributed by atoms with van der Waals surface area (Å²) in [4.78, 5) is 35.3. The highest BCUT2D eigenvalue weighted by atomic mass is 35.5. The minimum absolute atomic E-state index is 0.00597. The number of nitrogens with one attached hydrogen (secondary N) is 4. The number of alkyl halides is 2. The average molecular weight is 640 g/mol. The van der Waals surface area contributed by atoms with Gasteiger partial charge in [0, 0.05) is 39.6 Å². The van der Waals surface area contributed by atoms with Gasteiger partial charge in [-0.1, -0.05) is 17.7 Å². The van der Waals surface area contributed by atoms with E-state index in [9.17, 15) is 22.8 Å². The molecule has 4 N–H and O–H groups in total. The molecule has 1 aromatic carbocycles. The quantitative estimate of drug-likeness (QED) is 0.212. The van der Waals surface area contributed by atoms with E-state index in [4.69, 9.17) is 31.5 Å². The summed E-state index contributed by atoms with van der Waals surface area (Å²) in [5.41, 5.74) is -0.0741. The number of hydrogen-bond donors (Lipinski definition) is 4. The van der Waals surface area contributed by atoms with Crippen LogP contribution in [-0.4, -0.2) is 71.5 Å². The van der Waals surface area contributed by atoms with Gasteiger partial charge < -0.3 is 30.8 Å². The van der Waals surface area contributed by atoms with E-state index >= 15 is 0 Å². The van der Waals surface area contributed by atoms with Crippen molar-refractivity contribution in [3.63, 3.8) is 0 Å². The van der Waals surface area contributed by atoms with Gasteiger partial charge in [0.1, 0.15) is 23.6 Å². The molecule has 1 saturated heterocycles. The number of alkyl carbamates (subject to hydrolysis) is 1. The second-order valence-electron chi connectivity index (χ2n) is 10.4. The van der Waals surface area contributed by atoms with E-state index in [1.807, 2.05) is 5.32 Å². The van der Waals surface area contributed by atoms with E-state index < -0.39 is 42.3 Å². The van der Waals surface area contributed by atoms with Crippen molar-refractivity contribution >= 4 is 46.7 Å². The molecule has 2 aliphatic rings. The Hall–Kier alpha value is -4.11. The predicted octanol–water partition coefficient (Wildman–Crippen LogP) is 4.97. The molecular formula is C27H29ClF3N7O4S. The first-order valence-corrected chi connectivity index (χ1v) is 14.2. The smallest absolute Gasteiger partial charge is 0.410 e. The molecular weight excluding hydrogens is 611 g/mol. The zero-order valence-corrected chi connectivity index (χ0v) is 24.9. The Labute approximate surface area is 254 Å². The van der Waals surface area contributed by atoms with Crippen LogP contribution >= 0.6 is 22.9 Å². The largest absolute Gasteiger partial charge is 0.444 e. The molecule has 1 aromatic heterocycles. The summed E-state index contributed by atoms with van der Waals surface area (Å²) in [6.07, 6.45) is 1.57. The zero-order valence-electron chi connectivity index (χ0n) is 23.3. The summed E-state index contributed by atoms with van der Waals surface area (Å²) in [7, 11) is 0. The zero-order chi connectivity index (χ0) is 31.3. The highest BCUT2D eigenvalue weighted by Gasteiger charge is 2.36. The Balaban J connectivity index is 1.67. The fourth-order valence-electron chi connectivity index (χ4n) is 4.24. The molecule has 3 heterocycles. The number of amidine groups is 1. The van der Waals surface area contributed by atoms with Gasteiger partial charge in [-0.3, -0.25) is 9.89 Å². The number of ether oxygens (including phenoxy) is 2. The van der Waals surface area contributed by atoms with Crippen LogP contribution in [0.3, 0.4) is 0 Å². The van der Waals surface area contributed by atoms with Crippen molar-refractivity contribution in [2.75, 3.05) is 19.6 Å². The number of hydrogen-bond acceptors (Lipinski definition) is 10. The first-order chi connectivity index (χ1) is 20.3. The lowest BCUT2D eigenvalue weighted by Crippen LogP contribution is -2.40. The van der Waals surface area contributed by atoms with Gasteiger partial charge in [-0.05, 0) is 39.0 Å². The van der Waals surface area contributed by atoms with Gasteiger partial charge in [0.05, 0.1) is 25.3 Å². The van der Waals surface area contributed by atoms with Gasteiger partial charge in [0.15, 0.2) is 10.8 Å². The van der Waals surface area contributed by atoms with Crippen molar-refractivity contribution in [3.8, 4) is 0 Å². The monoisotopic (exact) mass is 639 g/mol. The summed E-state index contributed by atoms with van der Waals surface area (Å²) in [6, 6.07) is 2.73. The number of benzene rings is 1. The molecule has 0 spiro atoms. The lowest BCUT2D eigenvalue weighted by atomic mass is 9.91. The number of allylic oxidation sites excluding steroid dienone is 1. The molecule has 2 amide bonds. The summed E-state index contributed by atoms with van der Waals surface area (Å²) in [6.45, 7) is 2.26. The van der Waals surface area contributed by atoms with Crippen molar-refractivity contribution in [2.45, 2.75) is 45.1 Å². The van der Waals surface area contributed by atoms with Crippen LogP contribution in [0.4, 0.5) is 22.8 Å². The summed E-state index contributed by atoms with van der Waals surface area (Å²) in [5.74, 6) is -0.281. The second kappa shape index (κ2) is 13.5. The van der Waals surface area contributed by atoms with E-state index in [-0.39, 0.29) is 35.9 Å². The Bertz CT molecular complexity index is 1460. The van der Waals surface area contributed by atoms with Crippen LogP contribution in [0, 0.1) is 11.2 Å². The minimum Gasteiger partial charge on any atom is -0.444 e. The lowest BCUT2D eigenvalue weighted by Gasteiger charge is -2.30. The number of carbonyl (C=O) groups is 2. The number of thiazole rings is 1. The van der Waals surface area contributed by atoms with Crippen molar-refractivity contribution < 1.29 is 32.2 Å². The number of nitrogens with zero attached hydrogens (tertiary/aromatic N) is 3. The molecule has 11 nitrogen and oxygen atoms in total. The molecule has 0 saturated carbocycles. The molecule has 0 aliphatic carbocycles. The first kappa shape index (κ1) is 31.8. The van der Waals surface area contributed by atoms with Crippen molar-refractivity contribution in [1.29, 1.82) is 5.41 Å². The van der Waals surface area contributed by atoms with Crippen LogP contribution in [0.25, 0.3) is 0 Å². The first-order valence-electron chi connectivity index (χ1n) is 13.0. The SMILES string of the molecule is CC(C)(C)OC(=O)NC[C@@H]1CN(CC2=C(C(=N)/C=C\NC(F)F)[C@H](c3ccc(F)cc3Cl)N=C(c3nccs3)N2)C(=O)O1. The van der Waals surface area contributed by atoms with Crippen LogP contribution < -0.4 is 16.0 Å². The molecule has 43 heavy (non-hydrogen) atoms. The molecule has 0 bridgehead atoms. The van der Waals surface area contributed by atoms with Gasteiger partial charge in [0.2, 0.25) is 0 Å². The third-order valence-electron chi connectivity index (χ3n) is 5.95. The highest BCUT2D eigenvalue weighted by Crippen LogP contribution is 2.37. The number of aliphatic imine (C=N–C) groups is 1. The normalized spacial score (nSPS) is 18.9. The molecule has 0 unspecified atom stereocenters. The topological polar surface area (TPSA) is 141 Å². The third kappa shape index (κ3) is 8.47. The number of amides is 2. The average Bonchev–Trinajstić information content (AvgIpc) is 3.56. The second-order valence-corrected chi connectivity index (χ2v) is 11.7. The molecule has 16 heteroatoms. The highest BCUT2D eigenvalue weighted by molar-refractivity contribution is 7.11. The predicted molar refractivity (Wildman–Crippen MR) is 155 cm³/mol. The van der Waals surface area contributed by atoms with E-state index in [1.54, 1.807) is 32.3 Å². The minimum atomic E-state index is -2.86. The van der Waals surface area contributed by atoms with Crippen molar-refractivity contribution in [3.05, 3.63) is 74.7 Å². The maximum Gasteiger partial charge on any atom is 0.410 e. The van der Waals surface area contributed by atoms with Gasteiger partial charge in [-0.25, -0.2) is 19.0 Å². The molecule has 2 aromatic rings. The van der Waals surface area contributed by atoms with Gasteiger partial charge >= 0.3 is 18.7 Å². The Morgan fingerprint density at radius 3 is 2.81 bits per heavy atom. The van der Waals surface area contributed by atoms with Crippen LogP contribution in [0.2, 0.25) is 5.02 Å². The van der Waals surface area contributed by atoms with Crippen LogP contribution in [0.5, 0.6) is 0 Å². The maximum atomic E-state index is 14.0. The fourth-order valence-corrected chi connectivity index (χ4v) is 5.10. The Morgan fingerprint density at radius 2 is 2.16 bits per heavy atom. The standard InChI is InChI=1S/C27H29ClF3N7O4S/c1-27(2,3)42-25(39)35-11-15-12-38(26(40)41-15)13-19-20(18(32)6-7-34-24(30)31)21(16-5-4-14(29)10-17(16)28)37-22(36-19)23-33-8-9-43-23/h4-10,15,21,24,32,34H,11-13H2,1-3H3,(H,35,39)(H,36,37)/b7-6-,32-18?/t15-,21+/m1/s1. The number of halogens is 4. The van der Waals surface area contributed by atoms with Crippen molar-refractivity contribution in [2.24, 2.45) is 4.99 Å². The number of aromatic nitrogens is 1. The number of cyclic esters (lactones) is 1. The molecule has 4 rings (SSSR count). The summed E-state index contributed by atoms with van der Waals surface area (Å²) >= 11 is 7.70. The van der Waals surface area contributed by atoms with Gasteiger partial charge in [-0.15, -0.1) is 11.3 Å². The molecule has 2 aliphatic heterocycles. The van der Waals surface area contributed by atoms with E-state index in [0.717, 1.165) is 18.3 Å². The molecule has 1 fully saturated rings. The van der Waals surface area contributed by atoms with E-state index in [1.165, 1.54) is 28.4 Å². The van der Waals surface area contributed by atoms with Crippen LogP contribution in [0.1, 0.15) is 37.4 Å². The van der Waals surface area contributed by atoms with Gasteiger partial charge in [-0.2, -0.15) is 8.78 Å². The third-order valence-corrected chi connectivity index (χ3v) is 7.06. The summed E-state index contributed by atoms with van der Waals surface area (Å²) < 4.78 is 50.1. The van der Waals surface area contributed by atoms with Crippen LogP contribution in [0.15, 0.2) is 58.3 Å². The van der Waals surface area contributed by atoms with E-state index in [2.05, 4.69) is 15.6 Å². The number of carbonyl (C=O) groups excluding carboxylic acids is 2. The number of rotatable bonds is 10. The lowest BCUT2D eigenvalue weighted by molar-refractivity contribution is 0.0496. The summed E-state index contributed by atoms with van der Waals surface area (Å²) in [5, 5.41) is 18.5. The van der Waals surface area contributed by atoms with Crippen LogP contribution in [-0.2, 0) is 9.47 Å².